The number of benzene rings is 1. The number of piperidine rings is 1. The Labute approximate surface area is 115 Å². The smallest absolute Gasteiger partial charge is 0.301 e. The molecule has 0 saturated carbocycles. The van der Waals surface area contributed by atoms with Crippen molar-refractivity contribution in [3.63, 3.8) is 0 Å². The van der Waals surface area contributed by atoms with Crippen LogP contribution >= 0.6 is 0 Å². The summed E-state index contributed by atoms with van der Waals surface area (Å²) < 4.78 is 28.8. The second kappa shape index (κ2) is 5.90. The average molecular weight is 283 g/mol. The van der Waals surface area contributed by atoms with Gasteiger partial charge in [0.05, 0.1) is 5.69 Å². The van der Waals surface area contributed by atoms with Crippen LogP contribution in [0, 0.1) is 5.92 Å². The highest BCUT2D eigenvalue weighted by Crippen LogP contribution is 2.22. The lowest BCUT2D eigenvalue weighted by Gasteiger charge is -2.29. The number of anilines is 1. The van der Waals surface area contributed by atoms with Crippen molar-refractivity contribution in [2.75, 3.05) is 17.8 Å². The Bertz CT molecular complexity index is 522. The highest BCUT2D eigenvalue weighted by molar-refractivity contribution is 7.90. The lowest BCUT2D eigenvalue weighted by Crippen LogP contribution is -2.41. The summed E-state index contributed by atoms with van der Waals surface area (Å²) in [6.45, 7) is 3.64. The lowest BCUT2D eigenvalue weighted by atomic mass is 10.0. The highest BCUT2D eigenvalue weighted by Gasteiger charge is 2.26. The Morgan fingerprint density at radius 1 is 1.32 bits per heavy atom. The Balaban J connectivity index is 2.13. The van der Waals surface area contributed by atoms with Crippen molar-refractivity contribution in [2.45, 2.75) is 26.3 Å². The van der Waals surface area contributed by atoms with Crippen molar-refractivity contribution in [2.24, 2.45) is 11.7 Å². The van der Waals surface area contributed by atoms with E-state index in [9.17, 15) is 8.42 Å². The van der Waals surface area contributed by atoms with Crippen molar-refractivity contribution in [1.29, 1.82) is 0 Å². The van der Waals surface area contributed by atoms with Gasteiger partial charge in [-0.25, -0.2) is 0 Å². The fourth-order valence-corrected chi connectivity index (χ4v) is 3.52. The molecule has 1 heterocycles. The minimum absolute atomic E-state index is 0.315. The molecule has 0 aromatic heterocycles. The van der Waals surface area contributed by atoms with Crippen molar-refractivity contribution in [3.8, 4) is 0 Å². The van der Waals surface area contributed by atoms with Crippen LogP contribution in [0.3, 0.4) is 0 Å². The molecule has 0 radical (unpaired) electrons. The molecule has 0 atom stereocenters. The first-order valence-corrected chi connectivity index (χ1v) is 8.03. The molecule has 0 amide bonds. The molecule has 3 N–H and O–H groups in total. The summed E-state index contributed by atoms with van der Waals surface area (Å²) in [6.07, 6.45) is 1.83. The minimum atomic E-state index is -3.46. The van der Waals surface area contributed by atoms with E-state index in [4.69, 9.17) is 5.73 Å². The quantitative estimate of drug-likeness (QED) is 0.880. The average Bonchev–Trinajstić information content (AvgIpc) is 2.39. The molecule has 0 unspecified atom stereocenters. The zero-order chi connectivity index (χ0) is 13.9. The summed E-state index contributed by atoms with van der Waals surface area (Å²) in [5, 5.41) is 0. The van der Waals surface area contributed by atoms with Gasteiger partial charge in [-0.05, 0) is 30.4 Å². The van der Waals surface area contributed by atoms with Crippen molar-refractivity contribution in [1.82, 2.24) is 4.31 Å². The molecule has 6 heteroatoms. The molecule has 1 fully saturated rings. The van der Waals surface area contributed by atoms with Crippen LogP contribution in [0.4, 0.5) is 5.69 Å². The van der Waals surface area contributed by atoms with Crippen LogP contribution in [-0.2, 0) is 16.8 Å². The minimum Gasteiger partial charge on any atom is -0.326 e. The first-order chi connectivity index (χ1) is 9.03. The van der Waals surface area contributed by atoms with E-state index in [0.29, 0.717) is 31.2 Å². The summed E-state index contributed by atoms with van der Waals surface area (Å²) in [4.78, 5) is 0. The number of para-hydroxylation sites is 1. The Hall–Kier alpha value is -1.11. The molecular weight excluding hydrogens is 262 g/mol. The van der Waals surface area contributed by atoms with E-state index in [1.807, 2.05) is 12.1 Å². The molecule has 19 heavy (non-hydrogen) atoms. The van der Waals surface area contributed by atoms with E-state index < -0.39 is 10.2 Å². The maximum atomic E-state index is 12.3. The molecule has 0 bridgehead atoms. The third-order valence-electron chi connectivity index (χ3n) is 3.56. The molecule has 2 rings (SSSR count). The molecule has 0 aliphatic carbocycles. The van der Waals surface area contributed by atoms with Gasteiger partial charge in [-0.3, -0.25) is 4.72 Å². The zero-order valence-electron chi connectivity index (χ0n) is 11.2. The van der Waals surface area contributed by atoms with E-state index in [-0.39, 0.29) is 0 Å². The number of hydrogen-bond acceptors (Lipinski definition) is 3. The highest BCUT2D eigenvalue weighted by atomic mass is 32.2. The molecule has 1 aromatic carbocycles. The molecule has 1 aliphatic rings. The van der Waals surface area contributed by atoms with Crippen LogP contribution in [0.1, 0.15) is 25.3 Å². The van der Waals surface area contributed by atoms with Gasteiger partial charge in [0.1, 0.15) is 0 Å². The van der Waals surface area contributed by atoms with Crippen LogP contribution in [0.2, 0.25) is 0 Å². The number of hydrogen-bond donors (Lipinski definition) is 2. The third-order valence-corrected chi connectivity index (χ3v) is 5.08. The van der Waals surface area contributed by atoms with Crippen LogP contribution in [0.5, 0.6) is 0 Å². The summed E-state index contributed by atoms with van der Waals surface area (Å²) in [5.41, 5.74) is 6.99. The second-order valence-electron chi connectivity index (χ2n) is 5.05. The van der Waals surface area contributed by atoms with Gasteiger partial charge in [0.2, 0.25) is 0 Å². The van der Waals surface area contributed by atoms with E-state index in [0.717, 1.165) is 18.4 Å². The number of nitrogens with one attached hydrogen (secondary N) is 1. The summed E-state index contributed by atoms with van der Waals surface area (Å²) in [7, 11) is -3.46. The molecular formula is C13H21N3O2S. The third kappa shape index (κ3) is 3.46. The molecule has 1 aliphatic heterocycles. The van der Waals surface area contributed by atoms with Crippen molar-refractivity contribution >= 4 is 15.9 Å². The molecule has 1 aromatic rings. The molecule has 1 saturated heterocycles. The van der Waals surface area contributed by atoms with Crippen molar-refractivity contribution < 1.29 is 8.42 Å². The van der Waals surface area contributed by atoms with Gasteiger partial charge in [-0.2, -0.15) is 12.7 Å². The molecule has 106 valence electrons. The summed E-state index contributed by atoms with van der Waals surface area (Å²) in [5.74, 6) is 0.600. The first-order valence-electron chi connectivity index (χ1n) is 6.59. The summed E-state index contributed by atoms with van der Waals surface area (Å²) >= 11 is 0. The lowest BCUT2D eigenvalue weighted by molar-refractivity contribution is 0.289. The maximum absolute atomic E-state index is 12.3. The van der Waals surface area contributed by atoms with Gasteiger partial charge >= 0.3 is 10.2 Å². The fraction of sp³-hybridized carbons (Fsp3) is 0.538. The Morgan fingerprint density at radius 3 is 2.58 bits per heavy atom. The maximum Gasteiger partial charge on any atom is 0.301 e. The Kier molecular flexibility index (Phi) is 4.44. The van der Waals surface area contributed by atoms with Gasteiger partial charge < -0.3 is 5.73 Å². The normalized spacial score (nSPS) is 18.4. The van der Waals surface area contributed by atoms with E-state index in [1.54, 1.807) is 12.1 Å². The number of rotatable bonds is 4. The van der Waals surface area contributed by atoms with Crippen LogP contribution in [0.25, 0.3) is 0 Å². The van der Waals surface area contributed by atoms with Crippen LogP contribution < -0.4 is 10.5 Å². The van der Waals surface area contributed by atoms with Gasteiger partial charge in [-0.15, -0.1) is 0 Å². The number of nitrogens with two attached hydrogens (primary N) is 1. The van der Waals surface area contributed by atoms with E-state index in [1.165, 1.54) is 4.31 Å². The predicted molar refractivity (Wildman–Crippen MR) is 76.8 cm³/mol. The first kappa shape index (κ1) is 14.3. The monoisotopic (exact) mass is 283 g/mol. The van der Waals surface area contributed by atoms with Gasteiger partial charge in [-0.1, -0.05) is 25.1 Å². The van der Waals surface area contributed by atoms with Crippen LogP contribution in [-0.4, -0.2) is 25.8 Å². The summed E-state index contributed by atoms with van der Waals surface area (Å²) in [6, 6.07) is 7.22. The SMILES string of the molecule is CC1CCN(S(=O)(=O)Nc2ccccc2CN)CC1. The second-order valence-corrected chi connectivity index (χ2v) is 6.72. The standard InChI is InChI=1S/C13H21N3O2S/c1-11-6-8-16(9-7-11)19(17,18)15-13-5-3-2-4-12(13)10-14/h2-5,11,15H,6-10,14H2,1H3. The van der Waals surface area contributed by atoms with Crippen molar-refractivity contribution in [3.05, 3.63) is 29.8 Å². The fourth-order valence-electron chi connectivity index (χ4n) is 2.23. The zero-order valence-corrected chi connectivity index (χ0v) is 12.0. The van der Waals surface area contributed by atoms with E-state index >= 15 is 0 Å². The largest absolute Gasteiger partial charge is 0.326 e. The molecule has 0 spiro atoms. The topological polar surface area (TPSA) is 75.4 Å². The predicted octanol–water partition coefficient (Wildman–Crippen LogP) is 1.53. The van der Waals surface area contributed by atoms with Gasteiger partial charge in [0.15, 0.2) is 0 Å². The van der Waals surface area contributed by atoms with Gasteiger partial charge in [0, 0.05) is 19.6 Å². The molecule has 5 nitrogen and oxygen atoms in total. The van der Waals surface area contributed by atoms with Gasteiger partial charge in [0.25, 0.3) is 0 Å². The Morgan fingerprint density at radius 2 is 1.95 bits per heavy atom. The van der Waals surface area contributed by atoms with Crippen LogP contribution in [0.15, 0.2) is 24.3 Å². The number of nitrogens with zero attached hydrogens (tertiary/aromatic N) is 1. The van der Waals surface area contributed by atoms with E-state index in [2.05, 4.69) is 11.6 Å².